The van der Waals surface area contributed by atoms with Gasteiger partial charge in [-0.1, -0.05) is 38.3 Å². The molecule has 0 spiro atoms. The van der Waals surface area contributed by atoms with Crippen molar-refractivity contribution in [2.45, 2.75) is 58.9 Å². The summed E-state index contributed by atoms with van der Waals surface area (Å²) in [6, 6.07) is 5.93. The average molecular weight is 345 g/mol. The molecule has 1 N–H and O–H groups in total. The Morgan fingerprint density at radius 3 is 2.84 bits per heavy atom. The summed E-state index contributed by atoms with van der Waals surface area (Å²) in [5, 5.41) is 3.75. The topological polar surface area (TPSA) is 68.5 Å². The lowest BCUT2D eigenvalue weighted by Gasteiger charge is -2.13. The van der Waals surface area contributed by atoms with Crippen LogP contribution in [0.5, 0.6) is 0 Å². The number of esters is 1. The van der Waals surface area contributed by atoms with Crippen molar-refractivity contribution in [3.8, 4) is 0 Å². The molecule has 1 atom stereocenters. The van der Waals surface area contributed by atoms with Gasteiger partial charge in [0.15, 0.2) is 6.61 Å². The number of amides is 1. The van der Waals surface area contributed by atoms with E-state index in [0.29, 0.717) is 0 Å². The molecule has 0 saturated heterocycles. The van der Waals surface area contributed by atoms with Gasteiger partial charge in [0.25, 0.3) is 5.91 Å². The van der Waals surface area contributed by atoms with E-state index < -0.39 is 5.97 Å². The lowest BCUT2D eigenvalue weighted by atomic mass is 10.1. The third-order valence-corrected chi connectivity index (χ3v) is 4.16. The number of carbonyl (C=O) groups excluding carboxylic acids is 2. The van der Waals surface area contributed by atoms with E-state index in [-0.39, 0.29) is 25.0 Å². The van der Waals surface area contributed by atoms with Gasteiger partial charge in [-0.3, -0.25) is 9.59 Å². The van der Waals surface area contributed by atoms with E-state index in [9.17, 15) is 9.59 Å². The van der Waals surface area contributed by atoms with Crippen molar-refractivity contribution < 1.29 is 18.7 Å². The molecule has 136 valence electrons. The molecule has 0 aliphatic heterocycles. The summed E-state index contributed by atoms with van der Waals surface area (Å²) in [7, 11) is 0. The molecule has 2 aromatic rings. The van der Waals surface area contributed by atoms with Crippen LogP contribution >= 0.6 is 0 Å². The largest absolute Gasteiger partial charge is 0.464 e. The Kier molecular flexibility index (Phi) is 7.04. The number of hydrogen-bond donors (Lipinski definition) is 1. The maximum absolute atomic E-state index is 12.0. The van der Waals surface area contributed by atoms with Gasteiger partial charge >= 0.3 is 5.97 Å². The number of furan rings is 1. The van der Waals surface area contributed by atoms with Crippen LogP contribution in [0.1, 0.15) is 50.7 Å². The Bertz CT molecular complexity index is 720. The predicted octanol–water partition coefficient (Wildman–Crippen LogP) is 3.91. The lowest BCUT2D eigenvalue weighted by Crippen LogP contribution is -2.35. The Balaban J connectivity index is 1.77. The number of ether oxygens (including phenoxy) is 1. The average Bonchev–Trinajstić information content (AvgIpc) is 2.95. The van der Waals surface area contributed by atoms with Crippen LogP contribution < -0.4 is 5.32 Å². The van der Waals surface area contributed by atoms with Crippen LogP contribution in [0.4, 0.5) is 0 Å². The molecule has 0 aliphatic rings. The van der Waals surface area contributed by atoms with Gasteiger partial charge in [-0.05, 0) is 31.9 Å². The van der Waals surface area contributed by atoms with E-state index in [4.69, 9.17) is 9.15 Å². The van der Waals surface area contributed by atoms with Crippen molar-refractivity contribution in [3.05, 3.63) is 35.6 Å². The second-order valence-electron chi connectivity index (χ2n) is 6.56. The van der Waals surface area contributed by atoms with Crippen molar-refractivity contribution in [2.24, 2.45) is 0 Å². The first-order valence-corrected chi connectivity index (χ1v) is 8.91. The second-order valence-corrected chi connectivity index (χ2v) is 6.56. The van der Waals surface area contributed by atoms with Crippen LogP contribution in [0.3, 0.4) is 0 Å². The molecule has 2 rings (SSSR count). The minimum absolute atomic E-state index is 0.0927. The van der Waals surface area contributed by atoms with Gasteiger partial charge in [0.1, 0.15) is 5.58 Å². The molecular formula is C20H27NO4. The van der Waals surface area contributed by atoms with Crippen LogP contribution in [0.15, 0.2) is 28.9 Å². The first-order valence-electron chi connectivity index (χ1n) is 8.91. The van der Waals surface area contributed by atoms with E-state index in [1.165, 1.54) is 0 Å². The molecule has 0 bridgehead atoms. The first kappa shape index (κ1) is 19.0. The SMILES string of the molecule is CCCCC[C@H](C)NC(=O)COC(=O)Cc1coc2cc(C)ccc12. The summed E-state index contributed by atoms with van der Waals surface area (Å²) in [6.45, 7) is 5.85. The maximum Gasteiger partial charge on any atom is 0.310 e. The predicted molar refractivity (Wildman–Crippen MR) is 97.4 cm³/mol. The van der Waals surface area contributed by atoms with Crippen LogP contribution in [0.25, 0.3) is 11.0 Å². The van der Waals surface area contributed by atoms with Crippen LogP contribution in [0.2, 0.25) is 0 Å². The third-order valence-electron chi connectivity index (χ3n) is 4.16. The molecule has 0 saturated carbocycles. The van der Waals surface area contributed by atoms with E-state index in [2.05, 4.69) is 12.2 Å². The lowest BCUT2D eigenvalue weighted by molar-refractivity contribution is -0.148. The fraction of sp³-hybridized carbons (Fsp3) is 0.500. The fourth-order valence-electron chi connectivity index (χ4n) is 2.77. The number of carbonyl (C=O) groups is 2. The highest BCUT2D eigenvalue weighted by atomic mass is 16.5. The first-order chi connectivity index (χ1) is 12.0. The highest BCUT2D eigenvalue weighted by Gasteiger charge is 2.14. The normalized spacial score (nSPS) is 12.1. The molecule has 5 nitrogen and oxygen atoms in total. The highest BCUT2D eigenvalue weighted by molar-refractivity contribution is 5.87. The summed E-state index contributed by atoms with van der Waals surface area (Å²) in [4.78, 5) is 23.8. The van der Waals surface area contributed by atoms with Gasteiger partial charge in [0, 0.05) is 17.0 Å². The number of fused-ring (bicyclic) bond motifs is 1. The molecule has 1 aromatic heterocycles. The molecule has 0 aliphatic carbocycles. The van der Waals surface area contributed by atoms with Gasteiger partial charge in [0.05, 0.1) is 12.7 Å². The number of benzene rings is 1. The van der Waals surface area contributed by atoms with Crippen LogP contribution in [0, 0.1) is 6.92 Å². The second kappa shape index (κ2) is 9.25. The summed E-state index contributed by atoms with van der Waals surface area (Å²) < 4.78 is 10.6. The number of rotatable bonds is 9. The zero-order valence-electron chi connectivity index (χ0n) is 15.3. The molecular weight excluding hydrogens is 318 g/mol. The van der Waals surface area contributed by atoms with Gasteiger partial charge < -0.3 is 14.5 Å². The van der Waals surface area contributed by atoms with Crippen molar-refractivity contribution in [2.75, 3.05) is 6.61 Å². The monoisotopic (exact) mass is 345 g/mol. The van der Waals surface area contributed by atoms with Gasteiger partial charge in [-0.15, -0.1) is 0 Å². The zero-order valence-corrected chi connectivity index (χ0v) is 15.3. The highest BCUT2D eigenvalue weighted by Crippen LogP contribution is 2.22. The number of aryl methyl sites for hydroxylation is 1. The minimum atomic E-state index is -0.433. The van der Waals surface area contributed by atoms with E-state index >= 15 is 0 Å². The summed E-state index contributed by atoms with van der Waals surface area (Å²) in [5.74, 6) is -0.693. The molecule has 1 amide bonds. The fourth-order valence-corrected chi connectivity index (χ4v) is 2.77. The Hall–Kier alpha value is -2.30. The van der Waals surface area contributed by atoms with Gasteiger partial charge in [0.2, 0.25) is 0 Å². The maximum atomic E-state index is 12.0. The van der Waals surface area contributed by atoms with E-state index in [0.717, 1.165) is 47.8 Å². The number of hydrogen-bond acceptors (Lipinski definition) is 4. The number of unbranched alkanes of at least 4 members (excludes halogenated alkanes) is 2. The summed E-state index contributed by atoms with van der Waals surface area (Å²) in [5.41, 5.74) is 2.62. The molecule has 1 aromatic carbocycles. The molecule has 0 radical (unpaired) electrons. The summed E-state index contributed by atoms with van der Waals surface area (Å²) in [6.07, 6.45) is 6.00. The third kappa shape index (κ3) is 5.93. The molecule has 5 heteroatoms. The van der Waals surface area contributed by atoms with Crippen molar-refractivity contribution in [1.82, 2.24) is 5.32 Å². The van der Waals surface area contributed by atoms with E-state index in [1.807, 2.05) is 32.0 Å². The van der Waals surface area contributed by atoms with Crippen molar-refractivity contribution >= 4 is 22.8 Å². The Morgan fingerprint density at radius 1 is 1.28 bits per heavy atom. The Morgan fingerprint density at radius 2 is 2.08 bits per heavy atom. The zero-order chi connectivity index (χ0) is 18.2. The van der Waals surface area contributed by atoms with Crippen LogP contribution in [-0.4, -0.2) is 24.5 Å². The molecule has 1 heterocycles. The van der Waals surface area contributed by atoms with Gasteiger partial charge in [-0.25, -0.2) is 0 Å². The molecule has 25 heavy (non-hydrogen) atoms. The minimum Gasteiger partial charge on any atom is -0.464 e. The molecule has 0 unspecified atom stereocenters. The van der Waals surface area contributed by atoms with Crippen LogP contribution in [-0.2, 0) is 20.7 Å². The standard InChI is InChI=1S/C20H27NO4/c1-4-5-6-7-15(3)21-19(22)13-25-20(23)11-16-12-24-18-10-14(2)8-9-17(16)18/h8-10,12,15H,4-7,11,13H2,1-3H3,(H,21,22)/t15-/m0/s1. The van der Waals surface area contributed by atoms with E-state index in [1.54, 1.807) is 6.26 Å². The quantitative estimate of drug-likeness (QED) is 0.552. The van der Waals surface area contributed by atoms with Crippen molar-refractivity contribution in [1.29, 1.82) is 0 Å². The summed E-state index contributed by atoms with van der Waals surface area (Å²) >= 11 is 0. The molecule has 0 fully saturated rings. The van der Waals surface area contributed by atoms with Gasteiger partial charge in [-0.2, -0.15) is 0 Å². The smallest absolute Gasteiger partial charge is 0.310 e. The Labute approximate surface area is 148 Å². The number of nitrogens with one attached hydrogen (secondary N) is 1. The van der Waals surface area contributed by atoms with Crippen molar-refractivity contribution in [3.63, 3.8) is 0 Å².